The van der Waals surface area contributed by atoms with Crippen molar-refractivity contribution in [2.24, 2.45) is 5.73 Å². The van der Waals surface area contributed by atoms with E-state index < -0.39 is 0 Å². The minimum Gasteiger partial charge on any atom is -0.492 e. The van der Waals surface area contributed by atoms with Crippen LogP contribution >= 0.6 is 0 Å². The maximum Gasteiger partial charge on any atom is 0.119 e. The molecule has 0 saturated heterocycles. The Morgan fingerprint density at radius 3 is 1.28 bits per heavy atom. The number of ether oxygens (including phenoxy) is 1. The van der Waals surface area contributed by atoms with E-state index in [-0.39, 0.29) is 0 Å². The second-order valence-electron chi connectivity index (χ2n) is 9.75. The highest BCUT2D eigenvalue weighted by molar-refractivity contribution is 5.27. The van der Waals surface area contributed by atoms with Crippen LogP contribution in [0.3, 0.4) is 0 Å². The number of aryl methyl sites for hydroxylation is 1. The summed E-state index contributed by atoms with van der Waals surface area (Å²) in [6, 6.07) is 8.53. The van der Waals surface area contributed by atoms with Crippen molar-refractivity contribution in [1.29, 1.82) is 0 Å². The van der Waals surface area contributed by atoms with Crippen molar-refractivity contribution in [3.05, 3.63) is 29.8 Å². The van der Waals surface area contributed by atoms with E-state index >= 15 is 0 Å². The lowest BCUT2D eigenvalue weighted by Gasteiger charge is -2.06. The summed E-state index contributed by atoms with van der Waals surface area (Å²) < 4.78 is 5.53. The number of hydrogen-bond acceptors (Lipinski definition) is 2. The van der Waals surface area contributed by atoms with Gasteiger partial charge in [0, 0.05) is 6.54 Å². The molecule has 0 aliphatic rings. The van der Waals surface area contributed by atoms with E-state index in [0.29, 0.717) is 13.2 Å². The van der Waals surface area contributed by atoms with E-state index in [0.717, 1.165) is 5.75 Å². The standard InChI is InChI=1S/C30H55NO/c1-2-3-4-5-6-7-8-9-10-11-12-13-14-15-16-17-18-19-20-21-22-29-23-25-30(26-24-29)32-28-27-31/h23-26H,2-22,27-28,31H2,1H3. The molecule has 0 aliphatic heterocycles. The molecule has 0 spiro atoms. The van der Waals surface area contributed by atoms with Crippen LogP contribution in [0.25, 0.3) is 0 Å². The van der Waals surface area contributed by atoms with E-state index in [1.54, 1.807) is 0 Å². The molecule has 0 fully saturated rings. The van der Waals surface area contributed by atoms with Gasteiger partial charge in [-0.05, 0) is 30.5 Å². The molecule has 0 aromatic heterocycles. The first kappa shape index (κ1) is 29.0. The predicted octanol–water partition coefficient (Wildman–Crippen LogP) is 9.39. The quantitative estimate of drug-likeness (QED) is 0.161. The minimum absolute atomic E-state index is 0.571. The molecule has 186 valence electrons. The van der Waals surface area contributed by atoms with Crippen LogP contribution in [0, 0.1) is 0 Å². The SMILES string of the molecule is CCCCCCCCCCCCCCCCCCCCCCc1ccc(OCCN)cc1. The van der Waals surface area contributed by atoms with E-state index in [4.69, 9.17) is 10.5 Å². The van der Waals surface area contributed by atoms with Gasteiger partial charge in [0.2, 0.25) is 0 Å². The highest BCUT2D eigenvalue weighted by atomic mass is 16.5. The van der Waals surface area contributed by atoms with Crippen LogP contribution in [0.4, 0.5) is 0 Å². The topological polar surface area (TPSA) is 35.2 Å². The minimum atomic E-state index is 0.571. The first-order valence-electron chi connectivity index (χ1n) is 14.3. The van der Waals surface area contributed by atoms with Crippen LogP contribution in [0.1, 0.15) is 141 Å². The Hall–Kier alpha value is -1.02. The Balaban J connectivity index is 1.75. The van der Waals surface area contributed by atoms with Gasteiger partial charge in [0.1, 0.15) is 12.4 Å². The summed E-state index contributed by atoms with van der Waals surface area (Å²) in [5.41, 5.74) is 6.89. The van der Waals surface area contributed by atoms with Crippen LogP contribution in [0.5, 0.6) is 5.75 Å². The number of benzene rings is 1. The van der Waals surface area contributed by atoms with Gasteiger partial charge in [0.25, 0.3) is 0 Å². The van der Waals surface area contributed by atoms with Gasteiger partial charge < -0.3 is 10.5 Å². The fourth-order valence-electron chi connectivity index (χ4n) is 4.51. The molecule has 2 N–H and O–H groups in total. The number of rotatable bonds is 24. The van der Waals surface area contributed by atoms with Gasteiger partial charge in [-0.25, -0.2) is 0 Å². The van der Waals surface area contributed by atoms with E-state index in [1.165, 1.54) is 140 Å². The largest absolute Gasteiger partial charge is 0.492 e. The maximum atomic E-state index is 5.53. The van der Waals surface area contributed by atoms with Crippen LogP contribution in [-0.4, -0.2) is 13.2 Å². The number of unbranched alkanes of at least 4 members (excludes halogenated alkanes) is 19. The molecule has 0 bridgehead atoms. The molecule has 1 aromatic rings. The second-order valence-corrected chi connectivity index (χ2v) is 9.75. The molecule has 0 heterocycles. The summed E-state index contributed by atoms with van der Waals surface area (Å²) in [7, 11) is 0. The van der Waals surface area contributed by atoms with E-state index in [9.17, 15) is 0 Å². The molecule has 0 aliphatic carbocycles. The van der Waals surface area contributed by atoms with Gasteiger partial charge in [0.15, 0.2) is 0 Å². The Labute approximate surface area is 201 Å². The highest BCUT2D eigenvalue weighted by Gasteiger charge is 1.98. The zero-order valence-corrected chi connectivity index (χ0v) is 21.6. The Morgan fingerprint density at radius 1 is 0.531 bits per heavy atom. The molecule has 0 unspecified atom stereocenters. The third-order valence-electron chi connectivity index (χ3n) is 6.63. The van der Waals surface area contributed by atoms with Crippen molar-refractivity contribution in [2.45, 2.75) is 142 Å². The fraction of sp³-hybridized carbons (Fsp3) is 0.800. The summed E-state index contributed by atoms with van der Waals surface area (Å²) in [6.07, 6.45) is 30.0. The normalized spacial score (nSPS) is 11.2. The summed E-state index contributed by atoms with van der Waals surface area (Å²) >= 11 is 0. The molecule has 32 heavy (non-hydrogen) atoms. The lowest BCUT2D eigenvalue weighted by atomic mass is 10.0. The van der Waals surface area contributed by atoms with E-state index in [2.05, 4.69) is 31.2 Å². The van der Waals surface area contributed by atoms with Gasteiger partial charge in [-0.2, -0.15) is 0 Å². The lowest BCUT2D eigenvalue weighted by molar-refractivity contribution is 0.328. The average molecular weight is 446 g/mol. The van der Waals surface area contributed by atoms with Crippen LogP contribution in [-0.2, 0) is 6.42 Å². The molecule has 1 aromatic carbocycles. The Bertz CT molecular complexity index is 484. The van der Waals surface area contributed by atoms with Crippen molar-refractivity contribution >= 4 is 0 Å². The molecule has 2 heteroatoms. The molecule has 0 radical (unpaired) electrons. The highest BCUT2D eigenvalue weighted by Crippen LogP contribution is 2.17. The van der Waals surface area contributed by atoms with Crippen molar-refractivity contribution in [3.63, 3.8) is 0 Å². The van der Waals surface area contributed by atoms with Gasteiger partial charge in [-0.1, -0.05) is 141 Å². The first-order valence-corrected chi connectivity index (χ1v) is 14.3. The summed E-state index contributed by atoms with van der Waals surface area (Å²) in [5, 5.41) is 0. The lowest BCUT2D eigenvalue weighted by Crippen LogP contribution is -2.10. The van der Waals surface area contributed by atoms with Crippen LogP contribution < -0.4 is 10.5 Å². The average Bonchev–Trinajstić information content (AvgIpc) is 2.82. The maximum absolute atomic E-state index is 5.53. The fourth-order valence-corrected chi connectivity index (χ4v) is 4.51. The molecular weight excluding hydrogens is 390 g/mol. The monoisotopic (exact) mass is 445 g/mol. The van der Waals surface area contributed by atoms with Crippen molar-refractivity contribution < 1.29 is 4.74 Å². The Morgan fingerprint density at radius 2 is 0.906 bits per heavy atom. The molecule has 0 atom stereocenters. The molecule has 0 amide bonds. The van der Waals surface area contributed by atoms with Crippen LogP contribution in [0.15, 0.2) is 24.3 Å². The summed E-state index contributed by atoms with van der Waals surface area (Å²) in [5.74, 6) is 0.933. The van der Waals surface area contributed by atoms with Gasteiger partial charge in [-0.15, -0.1) is 0 Å². The van der Waals surface area contributed by atoms with Crippen molar-refractivity contribution in [1.82, 2.24) is 0 Å². The zero-order valence-electron chi connectivity index (χ0n) is 21.6. The van der Waals surface area contributed by atoms with Gasteiger partial charge in [-0.3, -0.25) is 0 Å². The number of hydrogen-bond donors (Lipinski definition) is 1. The Kier molecular flexibility index (Phi) is 21.0. The number of nitrogens with two attached hydrogens (primary N) is 1. The third-order valence-corrected chi connectivity index (χ3v) is 6.63. The molecular formula is C30H55NO. The summed E-state index contributed by atoms with van der Waals surface area (Å²) in [6.45, 7) is 3.46. The second kappa shape index (κ2) is 23.1. The summed E-state index contributed by atoms with van der Waals surface area (Å²) in [4.78, 5) is 0. The van der Waals surface area contributed by atoms with E-state index in [1.807, 2.05) is 0 Å². The zero-order chi connectivity index (χ0) is 23.0. The van der Waals surface area contributed by atoms with Gasteiger partial charge in [0.05, 0.1) is 0 Å². The molecule has 2 nitrogen and oxygen atoms in total. The van der Waals surface area contributed by atoms with Crippen LogP contribution in [0.2, 0.25) is 0 Å². The van der Waals surface area contributed by atoms with Crippen molar-refractivity contribution in [3.8, 4) is 5.75 Å². The third kappa shape index (κ3) is 18.5. The molecule has 1 rings (SSSR count). The van der Waals surface area contributed by atoms with Crippen molar-refractivity contribution in [2.75, 3.05) is 13.2 Å². The predicted molar refractivity (Wildman–Crippen MR) is 143 cm³/mol. The first-order chi connectivity index (χ1) is 15.9. The van der Waals surface area contributed by atoms with Gasteiger partial charge >= 0.3 is 0 Å². The molecule has 0 saturated carbocycles. The smallest absolute Gasteiger partial charge is 0.119 e.